The molecule has 0 atom stereocenters. The minimum atomic E-state index is -0.634. The van der Waals surface area contributed by atoms with E-state index in [0.717, 1.165) is 0 Å². The molecular formula is C10H9Cl2NO2. The van der Waals surface area contributed by atoms with E-state index in [2.05, 4.69) is 0 Å². The Morgan fingerprint density at radius 3 is 2.47 bits per heavy atom. The van der Waals surface area contributed by atoms with Gasteiger partial charge in [0, 0.05) is 16.5 Å². The number of ketones is 1. The fourth-order valence-corrected chi connectivity index (χ4v) is 1.61. The van der Waals surface area contributed by atoms with Crippen molar-refractivity contribution in [1.82, 2.24) is 0 Å². The Labute approximate surface area is 97.2 Å². The van der Waals surface area contributed by atoms with Crippen LogP contribution in [0.4, 0.5) is 0 Å². The molecule has 0 saturated heterocycles. The Bertz CT molecular complexity index is 404. The average Bonchev–Trinajstić information content (AvgIpc) is 2.08. The second-order valence-corrected chi connectivity index (χ2v) is 3.94. The van der Waals surface area contributed by atoms with E-state index in [4.69, 9.17) is 28.9 Å². The second-order valence-electron chi connectivity index (χ2n) is 3.09. The summed E-state index contributed by atoms with van der Waals surface area (Å²) in [6, 6.07) is 4.85. The highest BCUT2D eigenvalue weighted by molar-refractivity contribution is 6.35. The van der Waals surface area contributed by atoms with Crippen molar-refractivity contribution in [3.8, 4) is 0 Å². The zero-order valence-electron chi connectivity index (χ0n) is 7.80. The van der Waals surface area contributed by atoms with Crippen LogP contribution in [0.25, 0.3) is 0 Å². The summed E-state index contributed by atoms with van der Waals surface area (Å²) >= 11 is 11.6. The molecule has 80 valence electrons. The number of benzene rings is 1. The van der Waals surface area contributed by atoms with Gasteiger partial charge in [-0.05, 0) is 17.7 Å². The van der Waals surface area contributed by atoms with E-state index in [9.17, 15) is 9.59 Å². The molecule has 15 heavy (non-hydrogen) atoms. The number of primary amides is 1. The second kappa shape index (κ2) is 5.14. The molecule has 0 radical (unpaired) electrons. The van der Waals surface area contributed by atoms with Crippen LogP contribution < -0.4 is 5.73 Å². The molecule has 0 saturated carbocycles. The highest BCUT2D eigenvalue weighted by atomic mass is 35.5. The molecule has 1 aromatic carbocycles. The van der Waals surface area contributed by atoms with Crippen LogP contribution in [0, 0.1) is 0 Å². The lowest BCUT2D eigenvalue weighted by Gasteiger charge is -2.02. The van der Waals surface area contributed by atoms with Crippen molar-refractivity contribution in [3.05, 3.63) is 33.8 Å². The van der Waals surface area contributed by atoms with E-state index in [1.807, 2.05) is 0 Å². The van der Waals surface area contributed by atoms with Gasteiger partial charge in [-0.2, -0.15) is 0 Å². The van der Waals surface area contributed by atoms with Gasteiger partial charge in [-0.15, -0.1) is 0 Å². The van der Waals surface area contributed by atoms with Crippen molar-refractivity contribution in [1.29, 1.82) is 0 Å². The zero-order chi connectivity index (χ0) is 11.4. The Kier molecular flexibility index (Phi) is 4.12. The molecule has 0 unspecified atom stereocenters. The first-order valence-corrected chi connectivity index (χ1v) is 4.98. The van der Waals surface area contributed by atoms with Crippen LogP contribution in [0.15, 0.2) is 18.2 Å². The molecule has 0 spiro atoms. The van der Waals surface area contributed by atoms with Gasteiger partial charge in [0.25, 0.3) is 0 Å². The summed E-state index contributed by atoms with van der Waals surface area (Å²) in [6.45, 7) is 0. The van der Waals surface area contributed by atoms with Crippen LogP contribution in [0.1, 0.15) is 12.0 Å². The van der Waals surface area contributed by atoms with Crippen molar-refractivity contribution >= 4 is 34.9 Å². The maximum Gasteiger partial charge on any atom is 0.224 e. The number of carbonyl (C=O) groups excluding carboxylic acids is 2. The van der Waals surface area contributed by atoms with Gasteiger partial charge in [0.15, 0.2) is 0 Å². The SMILES string of the molecule is NC(=O)CC(=O)Cc1ccc(Cl)cc1Cl. The minimum absolute atomic E-state index is 0.0962. The minimum Gasteiger partial charge on any atom is -0.369 e. The molecule has 0 aliphatic rings. The lowest BCUT2D eigenvalue weighted by molar-refractivity contribution is -0.126. The first-order valence-electron chi connectivity index (χ1n) is 4.23. The lowest BCUT2D eigenvalue weighted by atomic mass is 10.1. The van der Waals surface area contributed by atoms with Crippen molar-refractivity contribution in [2.45, 2.75) is 12.8 Å². The van der Waals surface area contributed by atoms with Crippen LogP contribution >= 0.6 is 23.2 Å². The van der Waals surface area contributed by atoms with E-state index >= 15 is 0 Å². The molecule has 1 rings (SSSR count). The maximum absolute atomic E-state index is 11.3. The topological polar surface area (TPSA) is 60.2 Å². The number of hydrogen-bond acceptors (Lipinski definition) is 2. The summed E-state index contributed by atoms with van der Waals surface area (Å²) in [5.74, 6) is -0.892. The van der Waals surface area contributed by atoms with E-state index in [1.165, 1.54) is 0 Å². The molecule has 0 fully saturated rings. The van der Waals surface area contributed by atoms with Crippen molar-refractivity contribution in [3.63, 3.8) is 0 Å². The number of halogens is 2. The van der Waals surface area contributed by atoms with Gasteiger partial charge in [0.1, 0.15) is 5.78 Å². The van der Waals surface area contributed by atoms with Crippen molar-refractivity contribution in [2.24, 2.45) is 5.73 Å². The molecule has 0 bridgehead atoms. The van der Waals surface area contributed by atoms with Gasteiger partial charge >= 0.3 is 0 Å². The standard InChI is InChI=1S/C10H9Cl2NO2/c11-7-2-1-6(9(12)4-7)3-8(14)5-10(13)15/h1-2,4H,3,5H2,(H2,13,15). The highest BCUT2D eigenvalue weighted by Crippen LogP contribution is 2.21. The molecule has 0 aliphatic carbocycles. The Balaban J connectivity index is 2.72. The van der Waals surface area contributed by atoms with Gasteiger partial charge in [-0.25, -0.2) is 0 Å². The van der Waals surface area contributed by atoms with E-state index in [-0.39, 0.29) is 18.6 Å². The number of carbonyl (C=O) groups is 2. The fraction of sp³-hybridized carbons (Fsp3) is 0.200. The smallest absolute Gasteiger partial charge is 0.224 e. The third kappa shape index (κ3) is 3.90. The number of rotatable bonds is 4. The molecule has 0 aliphatic heterocycles. The normalized spacial score (nSPS) is 10.0. The number of nitrogens with two attached hydrogens (primary N) is 1. The quantitative estimate of drug-likeness (QED) is 0.825. The molecular weight excluding hydrogens is 237 g/mol. The van der Waals surface area contributed by atoms with Crippen LogP contribution in [0.5, 0.6) is 0 Å². The van der Waals surface area contributed by atoms with Gasteiger partial charge in [-0.1, -0.05) is 29.3 Å². The predicted octanol–water partition coefficient (Wildman–Crippen LogP) is 1.98. The van der Waals surface area contributed by atoms with E-state index < -0.39 is 5.91 Å². The summed E-state index contributed by atoms with van der Waals surface area (Å²) in [7, 11) is 0. The molecule has 1 aromatic rings. The first kappa shape index (κ1) is 12.0. The average molecular weight is 246 g/mol. The fourth-order valence-electron chi connectivity index (χ4n) is 1.13. The number of amides is 1. The monoisotopic (exact) mass is 245 g/mol. The largest absolute Gasteiger partial charge is 0.369 e. The van der Waals surface area contributed by atoms with Gasteiger partial charge in [0.05, 0.1) is 6.42 Å². The Morgan fingerprint density at radius 2 is 1.93 bits per heavy atom. The number of hydrogen-bond donors (Lipinski definition) is 1. The third-order valence-corrected chi connectivity index (χ3v) is 2.36. The summed E-state index contributed by atoms with van der Waals surface area (Å²) in [5.41, 5.74) is 5.54. The lowest BCUT2D eigenvalue weighted by Crippen LogP contribution is -2.17. The Morgan fingerprint density at radius 1 is 1.27 bits per heavy atom. The summed E-state index contributed by atoms with van der Waals surface area (Å²) in [5, 5.41) is 0.923. The van der Waals surface area contributed by atoms with Gasteiger partial charge < -0.3 is 5.73 Å². The molecule has 3 nitrogen and oxygen atoms in total. The molecule has 1 amide bonds. The summed E-state index contributed by atoms with van der Waals surface area (Å²) in [4.78, 5) is 21.8. The molecule has 5 heteroatoms. The summed E-state index contributed by atoms with van der Waals surface area (Å²) < 4.78 is 0. The van der Waals surface area contributed by atoms with Crippen LogP contribution in [-0.4, -0.2) is 11.7 Å². The van der Waals surface area contributed by atoms with Gasteiger partial charge in [0.2, 0.25) is 5.91 Å². The summed E-state index contributed by atoms with van der Waals surface area (Å²) in [6.07, 6.45) is -0.169. The van der Waals surface area contributed by atoms with Crippen LogP contribution in [0.2, 0.25) is 10.0 Å². The number of Topliss-reactive ketones (excluding diaryl/α,β-unsaturated/α-hetero) is 1. The first-order chi connectivity index (χ1) is 6.99. The molecule has 0 aromatic heterocycles. The Hall–Kier alpha value is -1.06. The molecule has 0 heterocycles. The van der Waals surface area contributed by atoms with Crippen LogP contribution in [0.3, 0.4) is 0 Å². The van der Waals surface area contributed by atoms with Crippen molar-refractivity contribution in [2.75, 3.05) is 0 Å². The van der Waals surface area contributed by atoms with E-state index in [0.29, 0.717) is 15.6 Å². The maximum atomic E-state index is 11.3. The van der Waals surface area contributed by atoms with Crippen molar-refractivity contribution < 1.29 is 9.59 Å². The third-order valence-electron chi connectivity index (χ3n) is 1.77. The highest BCUT2D eigenvalue weighted by Gasteiger charge is 2.09. The van der Waals surface area contributed by atoms with Crippen LogP contribution in [-0.2, 0) is 16.0 Å². The molecule has 2 N–H and O–H groups in total. The zero-order valence-corrected chi connectivity index (χ0v) is 9.31. The van der Waals surface area contributed by atoms with Gasteiger partial charge in [-0.3, -0.25) is 9.59 Å². The van der Waals surface area contributed by atoms with E-state index in [1.54, 1.807) is 18.2 Å². The predicted molar refractivity (Wildman–Crippen MR) is 59.0 cm³/mol.